The Morgan fingerprint density at radius 3 is 2.67 bits per heavy atom. The third-order valence-electron chi connectivity index (χ3n) is 3.36. The lowest BCUT2D eigenvalue weighted by molar-refractivity contribution is 0.568. The highest BCUT2D eigenvalue weighted by molar-refractivity contribution is 6.30. The van der Waals surface area contributed by atoms with Crippen LogP contribution in [0.2, 0.25) is 5.02 Å². The van der Waals surface area contributed by atoms with Gasteiger partial charge in [-0.05, 0) is 37.5 Å². The van der Waals surface area contributed by atoms with Gasteiger partial charge in [-0.2, -0.15) is 15.0 Å². The van der Waals surface area contributed by atoms with E-state index in [-0.39, 0.29) is 5.95 Å². The van der Waals surface area contributed by atoms with E-state index in [1.165, 1.54) is 6.42 Å². The lowest BCUT2D eigenvalue weighted by Gasteiger charge is -2.26. The van der Waals surface area contributed by atoms with Crippen LogP contribution in [-0.2, 0) is 0 Å². The molecule has 3 rings (SSSR count). The maximum Gasteiger partial charge on any atom is 0.233 e. The second kappa shape index (κ2) is 6.13. The van der Waals surface area contributed by atoms with Crippen molar-refractivity contribution in [3.8, 4) is 0 Å². The Hall–Kier alpha value is -2.08. The highest BCUT2D eigenvalue weighted by Crippen LogP contribution is 2.21. The fraction of sp³-hybridized carbons (Fsp3) is 0.357. The molecule has 1 aliphatic heterocycles. The molecule has 6 nitrogen and oxygen atoms in total. The molecular formula is C14H17ClN6. The SMILES string of the molecule is Nc1nc(Nc2cccc(Cl)c2)nc(N2CCCCC2)n1. The molecule has 0 bridgehead atoms. The highest BCUT2D eigenvalue weighted by Gasteiger charge is 2.15. The molecule has 0 atom stereocenters. The Balaban J connectivity index is 1.83. The smallest absolute Gasteiger partial charge is 0.233 e. The average Bonchev–Trinajstić information content (AvgIpc) is 2.47. The van der Waals surface area contributed by atoms with Crippen LogP contribution in [-0.4, -0.2) is 28.0 Å². The zero-order chi connectivity index (χ0) is 14.7. The van der Waals surface area contributed by atoms with Crippen molar-refractivity contribution in [1.29, 1.82) is 0 Å². The zero-order valence-electron chi connectivity index (χ0n) is 11.6. The Labute approximate surface area is 128 Å². The third kappa shape index (κ3) is 3.52. The molecule has 0 amide bonds. The van der Waals surface area contributed by atoms with E-state index >= 15 is 0 Å². The first kappa shape index (κ1) is 13.9. The first-order valence-corrected chi connectivity index (χ1v) is 7.37. The molecule has 1 aliphatic rings. The summed E-state index contributed by atoms with van der Waals surface area (Å²) in [7, 11) is 0. The van der Waals surface area contributed by atoms with E-state index in [0.717, 1.165) is 31.6 Å². The van der Waals surface area contributed by atoms with Crippen LogP contribution in [0.15, 0.2) is 24.3 Å². The van der Waals surface area contributed by atoms with Crippen molar-refractivity contribution in [2.75, 3.05) is 29.0 Å². The molecule has 0 aliphatic carbocycles. The van der Waals surface area contributed by atoms with Crippen molar-refractivity contribution in [1.82, 2.24) is 15.0 Å². The van der Waals surface area contributed by atoms with Crippen LogP contribution in [0.3, 0.4) is 0 Å². The van der Waals surface area contributed by atoms with Gasteiger partial charge in [0.2, 0.25) is 17.8 Å². The summed E-state index contributed by atoms with van der Waals surface area (Å²) in [6.07, 6.45) is 3.57. The van der Waals surface area contributed by atoms with E-state index in [4.69, 9.17) is 17.3 Å². The van der Waals surface area contributed by atoms with Gasteiger partial charge in [0.15, 0.2) is 0 Å². The average molecular weight is 305 g/mol. The topological polar surface area (TPSA) is 80.0 Å². The van der Waals surface area contributed by atoms with E-state index in [1.54, 1.807) is 0 Å². The van der Waals surface area contributed by atoms with Crippen LogP contribution in [0.4, 0.5) is 23.5 Å². The number of nitrogens with zero attached hydrogens (tertiary/aromatic N) is 4. The quantitative estimate of drug-likeness (QED) is 0.907. The number of anilines is 4. The molecule has 7 heteroatoms. The fourth-order valence-electron chi connectivity index (χ4n) is 2.37. The Kier molecular flexibility index (Phi) is 4.06. The Bertz CT molecular complexity index is 627. The van der Waals surface area contributed by atoms with Crippen molar-refractivity contribution >= 4 is 35.1 Å². The predicted molar refractivity (Wildman–Crippen MR) is 85.0 cm³/mol. The number of nitrogens with one attached hydrogen (secondary N) is 1. The van der Waals surface area contributed by atoms with E-state index < -0.39 is 0 Å². The summed E-state index contributed by atoms with van der Waals surface area (Å²) in [5, 5.41) is 3.76. The van der Waals surface area contributed by atoms with Crippen LogP contribution in [0, 0.1) is 0 Å². The number of hydrogen-bond donors (Lipinski definition) is 2. The molecule has 1 fully saturated rings. The van der Waals surface area contributed by atoms with Crippen molar-refractivity contribution in [3.05, 3.63) is 29.3 Å². The van der Waals surface area contributed by atoms with Crippen molar-refractivity contribution in [3.63, 3.8) is 0 Å². The van der Waals surface area contributed by atoms with Gasteiger partial charge in [-0.3, -0.25) is 0 Å². The molecule has 0 spiro atoms. The molecule has 0 saturated carbocycles. The molecule has 2 aromatic rings. The van der Waals surface area contributed by atoms with Crippen molar-refractivity contribution in [2.24, 2.45) is 0 Å². The number of rotatable bonds is 3. The van der Waals surface area contributed by atoms with Gasteiger partial charge in [0.05, 0.1) is 0 Å². The summed E-state index contributed by atoms with van der Waals surface area (Å²) in [6.45, 7) is 1.92. The third-order valence-corrected chi connectivity index (χ3v) is 3.60. The van der Waals surface area contributed by atoms with Gasteiger partial charge in [-0.25, -0.2) is 0 Å². The zero-order valence-corrected chi connectivity index (χ0v) is 12.3. The van der Waals surface area contributed by atoms with Crippen LogP contribution >= 0.6 is 11.6 Å². The summed E-state index contributed by atoms with van der Waals surface area (Å²) in [5.41, 5.74) is 6.61. The number of halogens is 1. The maximum absolute atomic E-state index is 5.97. The highest BCUT2D eigenvalue weighted by atomic mass is 35.5. The molecule has 21 heavy (non-hydrogen) atoms. The minimum absolute atomic E-state index is 0.218. The molecule has 0 unspecified atom stereocenters. The molecule has 1 aromatic carbocycles. The van der Waals surface area contributed by atoms with Gasteiger partial charge >= 0.3 is 0 Å². The van der Waals surface area contributed by atoms with E-state index in [1.807, 2.05) is 24.3 Å². The number of aromatic nitrogens is 3. The maximum atomic E-state index is 5.97. The van der Waals surface area contributed by atoms with E-state index in [2.05, 4.69) is 25.2 Å². The molecule has 1 aromatic heterocycles. The van der Waals surface area contributed by atoms with Gasteiger partial charge in [0, 0.05) is 23.8 Å². The van der Waals surface area contributed by atoms with Gasteiger partial charge in [0.25, 0.3) is 0 Å². The predicted octanol–water partition coefficient (Wildman–Crippen LogP) is 2.84. The molecule has 3 N–H and O–H groups in total. The summed E-state index contributed by atoms with van der Waals surface area (Å²) >= 11 is 5.97. The lowest BCUT2D eigenvalue weighted by atomic mass is 10.1. The summed E-state index contributed by atoms with van der Waals surface area (Å²) in [6, 6.07) is 7.38. The molecule has 1 saturated heterocycles. The molecule has 110 valence electrons. The van der Waals surface area contributed by atoms with E-state index in [9.17, 15) is 0 Å². The summed E-state index contributed by atoms with van der Waals surface area (Å²) in [4.78, 5) is 15.0. The van der Waals surface area contributed by atoms with Crippen LogP contribution in [0.5, 0.6) is 0 Å². The normalized spacial score (nSPS) is 15.0. The number of nitrogen functional groups attached to an aromatic ring is 1. The van der Waals surface area contributed by atoms with Gasteiger partial charge in [-0.15, -0.1) is 0 Å². The van der Waals surface area contributed by atoms with E-state index in [0.29, 0.717) is 16.9 Å². The minimum atomic E-state index is 0.218. The summed E-state index contributed by atoms with van der Waals surface area (Å²) in [5.74, 6) is 1.28. The van der Waals surface area contributed by atoms with Crippen LogP contribution in [0.25, 0.3) is 0 Å². The number of hydrogen-bond acceptors (Lipinski definition) is 6. The largest absolute Gasteiger partial charge is 0.368 e. The number of piperidine rings is 1. The number of nitrogens with two attached hydrogens (primary N) is 1. The Morgan fingerprint density at radius 1 is 1.10 bits per heavy atom. The molecule has 2 heterocycles. The second-order valence-electron chi connectivity index (χ2n) is 5.00. The Morgan fingerprint density at radius 2 is 1.90 bits per heavy atom. The van der Waals surface area contributed by atoms with Crippen LogP contribution < -0.4 is 16.0 Å². The van der Waals surface area contributed by atoms with Gasteiger partial charge in [-0.1, -0.05) is 17.7 Å². The lowest BCUT2D eigenvalue weighted by Crippen LogP contribution is -2.31. The first-order valence-electron chi connectivity index (χ1n) is 7.00. The second-order valence-corrected chi connectivity index (χ2v) is 5.44. The van der Waals surface area contributed by atoms with Crippen molar-refractivity contribution < 1.29 is 0 Å². The monoisotopic (exact) mass is 304 g/mol. The standard InChI is InChI=1S/C14H17ClN6/c15-10-5-4-6-11(9-10)17-13-18-12(16)19-14(20-13)21-7-2-1-3-8-21/h4-6,9H,1-3,7-8H2,(H3,16,17,18,19,20). The first-order chi connectivity index (χ1) is 10.2. The number of benzene rings is 1. The van der Waals surface area contributed by atoms with Gasteiger partial charge in [0.1, 0.15) is 0 Å². The van der Waals surface area contributed by atoms with Gasteiger partial charge < -0.3 is 16.0 Å². The molecular weight excluding hydrogens is 288 g/mol. The minimum Gasteiger partial charge on any atom is -0.368 e. The molecule has 0 radical (unpaired) electrons. The van der Waals surface area contributed by atoms with Crippen LogP contribution in [0.1, 0.15) is 19.3 Å². The fourth-order valence-corrected chi connectivity index (χ4v) is 2.56. The summed E-state index contributed by atoms with van der Waals surface area (Å²) < 4.78 is 0. The van der Waals surface area contributed by atoms with Crippen molar-refractivity contribution in [2.45, 2.75) is 19.3 Å².